The Morgan fingerprint density at radius 2 is 1.57 bits per heavy atom. The number of hydrogen-bond acceptors (Lipinski definition) is 5. The Labute approximate surface area is 261 Å². The zero-order valence-corrected chi connectivity index (χ0v) is 24.8. The van der Waals surface area contributed by atoms with E-state index in [2.05, 4.69) is 22.4 Å². The van der Waals surface area contributed by atoms with Gasteiger partial charge >= 0.3 is 12.4 Å². The summed E-state index contributed by atoms with van der Waals surface area (Å²) in [5.41, 5.74) is -2.19. The molecule has 3 aromatic rings. The lowest BCUT2D eigenvalue weighted by molar-refractivity contribution is -0.154. The lowest BCUT2D eigenvalue weighted by Crippen LogP contribution is -2.64. The van der Waals surface area contributed by atoms with E-state index in [1.54, 1.807) is 4.90 Å². The SMILES string of the molecule is O=C(c1cnccc1C(F)(F)F)N1CCCC(Oc2ccc(C(F)(F)F)cc2)(C(=O)N2CCC3(CC2)CNCc2ccccc23)C1. The largest absolute Gasteiger partial charge is 0.476 e. The maximum atomic E-state index is 14.4. The highest BCUT2D eigenvalue weighted by Gasteiger charge is 2.51. The molecule has 1 aromatic heterocycles. The normalized spacial score (nSPS) is 21.5. The van der Waals surface area contributed by atoms with Crippen molar-refractivity contribution < 1.29 is 40.7 Å². The van der Waals surface area contributed by atoms with E-state index in [-0.39, 0.29) is 37.1 Å². The van der Waals surface area contributed by atoms with Crippen LogP contribution in [0.15, 0.2) is 67.0 Å². The number of hydrogen-bond donors (Lipinski definition) is 1. The smallest absolute Gasteiger partial charge is 0.417 e. The lowest BCUT2D eigenvalue weighted by Gasteiger charge is -2.49. The molecule has 3 aliphatic heterocycles. The number of ether oxygens (including phenoxy) is 1. The quantitative estimate of drug-likeness (QED) is 0.361. The van der Waals surface area contributed by atoms with Gasteiger partial charge in [0, 0.05) is 50.5 Å². The molecule has 46 heavy (non-hydrogen) atoms. The van der Waals surface area contributed by atoms with Crippen LogP contribution < -0.4 is 10.1 Å². The number of halogens is 6. The number of nitrogens with one attached hydrogen (secondary N) is 1. The molecule has 1 spiro atoms. The Balaban J connectivity index is 1.29. The molecular weight excluding hydrogens is 614 g/mol. The molecular formula is C33H32F6N4O3. The van der Waals surface area contributed by atoms with Crippen molar-refractivity contribution in [3.8, 4) is 5.75 Å². The Morgan fingerprint density at radius 3 is 2.26 bits per heavy atom. The molecule has 1 atom stereocenters. The summed E-state index contributed by atoms with van der Waals surface area (Å²) in [6.45, 7) is 1.89. The highest BCUT2D eigenvalue weighted by atomic mass is 19.4. The van der Waals surface area contributed by atoms with E-state index in [0.717, 1.165) is 60.7 Å². The summed E-state index contributed by atoms with van der Waals surface area (Å²) in [6.07, 6.45) is -5.99. The van der Waals surface area contributed by atoms with Gasteiger partial charge in [-0.3, -0.25) is 14.6 Å². The number of aromatic nitrogens is 1. The van der Waals surface area contributed by atoms with E-state index in [9.17, 15) is 35.9 Å². The third-order valence-corrected chi connectivity index (χ3v) is 9.36. The van der Waals surface area contributed by atoms with Crippen LogP contribution in [0, 0.1) is 0 Å². The van der Waals surface area contributed by atoms with Gasteiger partial charge in [-0.2, -0.15) is 26.3 Å². The molecule has 2 saturated heterocycles. The summed E-state index contributed by atoms with van der Waals surface area (Å²) >= 11 is 0. The molecule has 1 unspecified atom stereocenters. The van der Waals surface area contributed by atoms with Crippen LogP contribution in [0.4, 0.5) is 26.3 Å². The minimum absolute atomic E-state index is 0.0214. The van der Waals surface area contributed by atoms with Crippen molar-refractivity contribution in [2.45, 2.75) is 55.6 Å². The summed E-state index contributed by atoms with van der Waals surface area (Å²) in [6, 6.07) is 12.8. The van der Waals surface area contributed by atoms with Gasteiger partial charge in [-0.05, 0) is 67.1 Å². The first-order valence-electron chi connectivity index (χ1n) is 15.1. The van der Waals surface area contributed by atoms with Gasteiger partial charge in [-0.25, -0.2) is 0 Å². The van der Waals surface area contributed by atoms with Crippen LogP contribution in [0.2, 0.25) is 0 Å². The van der Waals surface area contributed by atoms with E-state index in [0.29, 0.717) is 25.9 Å². The Kier molecular flexibility index (Phi) is 8.24. The number of amides is 2. The number of rotatable bonds is 4. The van der Waals surface area contributed by atoms with Gasteiger partial charge in [0.25, 0.3) is 11.8 Å². The molecule has 7 nitrogen and oxygen atoms in total. The van der Waals surface area contributed by atoms with E-state index >= 15 is 0 Å². The van der Waals surface area contributed by atoms with E-state index < -0.39 is 46.5 Å². The van der Waals surface area contributed by atoms with Gasteiger partial charge in [0.05, 0.1) is 23.2 Å². The molecule has 244 valence electrons. The van der Waals surface area contributed by atoms with Crippen LogP contribution in [-0.4, -0.2) is 64.9 Å². The third kappa shape index (κ3) is 6.04. The first-order valence-corrected chi connectivity index (χ1v) is 15.1. The number of fused-ring (bicyclic) bond motifs is 2. The maximum absolute atomic E-state index is 14.4. The molecule has 0 radical (unpaired) electrons. The molecule has 3 aliphatic rings. The molecule has 0 aliphatic carbocycles. The summed E-state index contributed by atoms with van der Waals surface area (Å²) in [4.78, 5) is 34.5. The van der Waals surface area contributed by atoms with Crippen LogP contribution in [0.5, 0.6) is 5.75 Å². The third-order valence-electron chi connectivity index (χ3n) is 9.36. The van der Waals surface area contributed by atoms with Crippen molar-refractivity contribution in [1.82, 2.24) is 20.1 Å². The molecule has 1 N–H and O–H groups in total. The molecule has 13 heteroatoms. The minimum Gasteiger partial charge on any atom is -0.476 e. The van der Waals surface area contributed by atoms with Gasteiger partial charge in [-0.1, -0.05) is 24.3 Å². The number of benzene rings is 2. The monoisotopic (exact) mass is 646 g/mol. The summed E-state index contributed by atoms with van der Waals surface area (Å²) < 4.78 is 87.3. The highest BCUT2D eigenvalue weighted by molar-refractivity contribution is 5.96. The van der Waals surface area contributed by atoms with Gasteiger partial charge in [-0.15, -0.1) is 0 Å². The van der Waals surface area contributed by atoms with Gasteiger partial charge < -0.3 is 19.9 Å². The summed E-state index contributed by atoms with van der Waals surface area (Å²) in [7, 11) is 0. The van der Waals surface area contributed by atoms with Gasteiger partial charge in [0.2, 0.25) is 5.60 Å². The number of carbonyl (C=O) groups excluding carboxylic acids is 2. The average Bonchev–Trinajstić information content (AvgIpc) is 3.04. The molecule has 6 rings (SSSR count). The first kappa shape index (κ1) is 31.8. The van der Waals surface area contributed by atoms with Crippen LogP contribution in [0.25, 0.3) is 0 Å². The fourth-order valence-electron chi connectivity index (χ4n) is 7.01. The van der Waals surface area contributed by atoms with Crippen LogP contribution >= 0.6 is 0 Å². The second kappa shape index (κ2) is 11.9. The zero-order chi connectivity index (χ0) is 32.7. The van der Waals surface area contributed by atoms with Crippen molar-refractivity contribution in [3.05, 3.63) is 94.8 Å². The summed E-state index contributed by atoms with van der Waals surface area (Å²) in [5.74, 6) is -1.44. The lowest BCUT2D eigenvalue weighted by atomic mass is 9.69. The van der Waals surface area contributed by atoms with Crippen molar-refractivity contribution in [3.63, 3.8) is 0 Å². The Hall–Kier alpha value is -4.13. The Bertz CT molecular complexity index is 1600. The van der Waals surface area contributed by atoms with Crippen LogP contribution in [0.3, 0.4) is 0 Å². The highest BCUT2D eigenvalue weighted by Crippen LogP contribution is 2.41. The van der Waals surface area contributed by atoms with Crippen molar-refractivity contribution >= 4 is 11.8 Å². The Morgan fingerprint density at radius 1 is 0.848 bits per heavy atom. The minimum atomic E-state index is -4.82. The molecule has 0 saturated carbocycles. The fraction of sp³-hybridized carbons (Fsp3) is 0.424. The van der Waals surface area contributed by atoms with E-state index in [4.69, 9.17) is 4.74 Å². The fourth-order valence-corrected chi connectivity index (χ4v) is 7.01. The maximum Gasteiger partial charge on any atom is 0.417 e. The van der Waals surface area contributed by atoms with Crippen molar-refractivity contribution in [1.29, 1.82) is 0 Å². The number of pyridine rings is 1. The van der Waals surface area contributed by atoms with Crippen LogP contribution in [0.1, 0.15) is 58.3 Å². The average molecular weight is 647 g/mol. The standard InChI is InChI=1S/C33H32F6N4O3/c34-32(35,36)23-6-8-24(9-7-23)46-31(11-3-15-43(21-31)28(44)25-19-40-14-10-27(25)33(37,38)39)29(45)42-16-12-30(13-17-42)20-41-18-22-4-1-2-5-26(22)30/h1-2,4-10,14,19,41H,3,11-13,15-18,20-21H2. The molecule has 2 fully saturated rings. The predicted octanol–water partition coefficient (Wildman–Crippen LogP) is 5.84. The predicted molar refractivity (Wildman–Crippen MR) is 155 cm³/mol. The number of nitrogens with zero attached hydrogens (tertiary/aromatic N) is 3. The van der Waals surface area contributed by atoms with Crippen LogP contribution in [-0.2, 0) is 29.1 Å². The van der Waals surface area contributed by atoms with E-state index in [1.807, 2.05) is 12.1 Å². The number of carbonyl (C=O) groups is 2. The second-order valence-corrected chi connectivity index (χ2v) is 12.2. The molecule has 4 heterocycles. The van der Waals surface area contributed by atoms with Crippen molar-refractivity contribution in [2.75, 3.05) is 32.7 Å². The topological polar surface area (TPSA) is 74.8 Å². The van der Waals surface area contributed by atoms with Gasteiger partial charge in [0.15, 0.2) is 0 Å². The number of likely N-dealkylation sites (tertiary alicyclic amines) is 2. The zero-order valence-electron chi connectivity index (χ0n) is 24.8. The molecule has 2 amide bonds. The van der Waals surface area contributed by atoms with Crippen molar-refractivity contribution in [2.24, 2.45) is 0 Å². The number of alkyl halides is 6. The molecule has 0 bridgehead atoms. The molecule has 2 aromatic carbocycles. The number of piperidine rings is 2. The van der Waals surface area contributed by atoms with E-state index in [1.165, 1.54) is 11.1 Å². The second-order valence-electron chi connectivity index (χ2n) is 12.2. The van der Waals surface area contributed by atoms with Gasteiger partial charge in [0.1, 0.15) is 5.75 Å². The summed E-state index contributed by atoms with van der Waals surface area (Å²) in [5, 5.41) is 3.48. The first-order chi connectivity index (χ1) is 21.8.